The van der Waals surface area contributed by atoms with Gasteiger partial charge in [-0.3, -0.25) is 9.69 Å². The highest BCUT2D eigenvalue weighted by Gasteiger charge is 2.43. The van der Waals surface area contributed by atoms with E-state index in [0.29, 0.717) is 12.5 Å². The number of amides is 1. The standard InChI is InChI=1S/C21H30N2O3/c24-21(23-9-4-5-10-23)19-14-18-8-11-22(15-20(18)26-19)12-13-25-16-17-6-2-1-3-7-17/h1-3,6-7,18-20H,4-5,8-16H2/t18-,19-,20+/m0/s1. The molecule has 0 aliphatic carbocycles. The smallest absolute Gasteiger partial charge is 0.251 e. The molecule has 0 N–H and O–H groups in total. The average molecular weight is 358 g/mol. The topological polar surface area (TPSA) is 42.0 Å². The van der Waals surface area contributed by atoms with Crippen molar-refractivity contribution in [2.45, 2.75) is 44.5 Å². The van der Waals surface area contributed by atoms with Gasteiger partial charge < -0.3 is 14.4 Å². The number of benzene rings is 1. The number of fused-ring (bicyclic) bond motifs is 1. The van der Waals surface area contributed by atoms with E-state index in [1.807, 2.05) is 23.1 Å². The first kappa shape index (κ1) is 18.0. The Morgan fingerprint density at radius 2 is 1.96 bits per heavy atom. The number of piperidine rings is 1. The summed E-state index contributed by atoms with van der Waals surface area (Å²) in [6.07, 6.45) is 4.35. The van der Waals surface area contributed by atoms with Gasteiger partial charge in [-0.15, -0.1) is 0 Å². The molecular formula is C21H30N2O3. The van der Waals surface area contributed by atoms with Gasteiger partial charge in [0.1, 0.15) is 6.10 Å². The lowest BCUT2D eigenvalue weighted by Crippen LogP contribution is -2.43. The summed E-state index contributed by atoms with van der Waals surface area (Å²) in [6.45, 7) is 6.20. The zero-order chi connectivity index (χ0) is 17.8. The predicted octanol–water partition coefficient (Wildman–Crippen LogP) is 2.30. The minimum atomic E-state index is -0.197. The number of nitrogens with zero attached hydrogens (tertiary/aromatic N) is 2. The molecule has 3 aliphatic rings. The molecule has 5 heteroatoms. The lowest BCUT2D eigenvalue weighted by Gasteiger charge is -2.33. The van der Waals surface area contributed by atoms with Crippen molar-refractivity contribution in [1.82, 2.24) is 9.80 Å². The number of carbonyl (C=O) groups is 1. The van der Waals surface area contributed by atoms with E-state index >= 15 is 0 Å². The summed E-state index contributed by atoms with van der Waals surface area (Å²) in [5.41, 5.74) is 1.22. The molecule has 3 saturated heterocycles. The van der Waals surface area contributed by atoms with Crippen LogP contribution in [-0.4, -0.2) is 67.2 Å². The summed E-state index contributed by atoms with van der Waals surface area (Å²) in [5, 5.41) is 0. The van der Waals surface area contributed by atoms with Gasteiger partial charge in [-0.1, -0.05) is 30.3 Å². The van der Waals surface area contributed by atoms with E-state index in [2.05, 4.69) is 17.0 Å². The quantitative estimate of drug-likeness (QED) is 0.732. The van der Waals surface area contributed by atoms with Crippen LogP contribution in [0.15, 0.2) is 30.3 Å². The van der Waals surface area contributed by atoms with Crippen LogP contribution in [-0.2, 0) is 20.9 Å². The molecule has 0 radical (unpaired) electrons. The van der Waals surface area contributed by atoms with Crippen molar-refractivity contribution in [3.05, 3.63) is 35.9 Å². The van der Waals surface area contributed by atoms with E-state index in [-0.39, 0.29) is 18.1 Å². The minimum absolute atomic E-state index is 0.197. The number of ether oxygens (including phenoxy) is 2. The third-order valence-corrected chi connectivity index (χ3v) is 5.99. The summed E-state index contributed by atoms with van der Waals surface area (Å²) in [4.78, 5) is 17.0. The largest absolute Gasteiger partial charge is 0.375 e. The monoisotopic (exact) mass is 358 g/mol. The van der Waals surface area contributed by atoms with Gasteiger partial charge in [0.2, 0.25) is 0 Å². The van der Waals surface area contributed by atoms with Gasteiger partial charge in [-0.2, -0.15) is 0 Å². The van der Waals surface area contributed by atoms with E-state index in [0.717, 1.165) is 65.0 Å². The Balaban J connectivity index is 1.19. The molecule has 5 nitrogen and oxygen atoms in total. The second-order valence-electron chi connectivity index (χ2n) is 7.82. The fraction of sp³-hybridized carbons (Fsp3) is 0.667. The van der Waals surface area contributed by atoms with Crippen LogP contribution >= 0.6 is 0 Å². The molecule has 3 heterocycles. The fourth-order valence-corrected chi connectivity index (χ4v) is 4.46. The molecule has 0 aromatic heterocycles. The highest BCUT2D eigenvalue weighted by atomic mass is 16.5. The molecule has 1 amide bonds. The van der Waals surface area contributed by atoms with Gasteiger partial charge in [0.15, 0.2) is 0 Å². The highest BCUT2D eigenvalue weighted by molar-refractivity contribution is 5.81. The molecule has 142 valence electrons. The van der Waals surface area contributed by atoms with Crippen molar-refractivity contribution < 1.29 is 14.3 Å². The van der Waals surface area contributed by atoms with Crippen LogP contribution < -0.4 is 0 Å². The third-order valence-electron chi connectivity index (χ3n) is 5.99. The Kier molecular flexibility index (Phi) is 5.88. The second kappa shape index (κ2) is 8.51. The summed E-state index contributed by atoms with van der Waals surface area (Å²) in [7, 11) is 0. The Bertz CT molecular complexity index is 588. The maximum atomic E-state index is 12.6. The Hall–Kier alpha value is -1.43. The average Bonchev–Trinajstić information content (AvgIpc) is 3.35. The molecule has 26 heavy (non-hydrogen) atoms. The zero-order valence-electron chi connectivity index (χ0n) is 15.5. The SMILES string of the molecule is O=C([C@@H]1C[C@@H]2CCN(CCOCc3ccccc3)C[C@H]2O1)N1CCCC1. The van der Waals surface area contributed by atoms with E-state index in [4.69, 9.17) is 9.47 Å². The van der Waals surface area contributed by atoms with Gasteiger partial charge in [-0.25, -0.2) is 0 Å². The number of likely N-dealkylation sites (tertiary alicyclic amines) is 2. The van der Waals surface area contributed by atoms with Crippen molar-refractivity contribution in [3.8, 4) is 0 Å². The second-order valence-corrected chi connectivity index (χ2v) is 7.82. The molecule has 3 fully saturated rings. The van der Waals surface area contributed by atoms with E-state index in [9.17, 15) is 4.79 Å². The lowest BCUT2D eigenvalue weighted by molar-refractivity contribution is -0.142. The maximum Gasteiger partial charge on any atom is 0.251 e. The van der Waals surface area contributed by atoms with Crippen LogP contribution in [0.1, 0.15) is 31.2 Å². The number of hydrogen-bond donors (Lipinski definition) is 0. The third kappa shape index (κ3) is 4.27. The molecule has 0 spiro atoms. The first-order chi connectivity index (χ1) is 12.8. The lowest BCUT2D eigenvalue weighted by atomic mass is 9.91. The normalized spacial score (nSPS) is 29.1. The molecule has 3 aliphatic heterocycles. The van der Waals surface area contributed by atoms with Gasteiger partial charge in [0, 0.05) is 26.2 Å². The van der Waals surface area contributed by atoms with Crippen LogP contribution in [0.3, 0.4) is 0 Å². The minimum Gasteiger partial charge on any atom is -0.375 e. The van der Waals surface area contributed by atoms with E-state index in [1.165, 1.54) is 5.56 Å². The molecular weight excluding hydrogens is 328 g/mol. The molecule has 0 unspecified atom stereocenters. The van der Waals surface area contributed by atoms with Crippen molar-refractivity contribution in [2.24, 2.45) is 5.92 Å². The highest BCUT2D eigenvalue weighted by Crippen LogP contribution is 2.34. The van der Waals surface area contributed by atoms with Crippen LogP contribution in [0.4, 0.5) is 0 Å². The summed E-state index contributed by atoms with van der Waals surface area (Å²) < 4.78 is 12.0. The molecule has 1 aromatic rings. The zero-order valence-corrected chi connectivity index (χ0v) is 15.5. The number of rotatable bonds is 6. The van der Waals surface area contributed by atoms with Gasteiger partial charge >= 0.3 is 0 Å². The van der Waals surface area contributed by atoms with Crippen LogP contribution in [0.5, 0.6) is 0 Å². The molecule has 0 saturated carbocycles. The van der Waals surface area contributed by atoms with E-state index in [1.54, 1.807) is 0 Å². The number of hydrogen-bond acceptors (Lipinski definition) is 4. The summed E-state index contributed by atoms with van der Waals surface area (Å²) in [5.74, 6) is 0.780. The van der Waals surface area contributed by atoms with Gasteiger partial charge in [0.25, 0.3) is 5.91 Å². The van der Waals surface area contributed by atoms with Gasteiger partial charge in [0.05, 0.1) is 19.3 Å². The fourth-order valence-electron chi connectivity index (χ4n) is 4.46. The predicted molar refractivity (Wildman–Crippen MR) is 99.7 cm³/mol. The Morgan fingerprint density at radius 3 is 2.77 bits per heavy atom. The van der Waals surface area contributed by atoms with Crippen molar-refractivity contribution in [1.29, 1.82) is 0 Å². The molecule has 0 bridgehead atoms. The van der Waals surface area contributed by atoms with Crippen molar-refractivity contribution in [3.63, 3.8) is 0 Å². The summed E-state index contributed by atoms with van der Waals surface area (Å²) in [6, 6.07) is 10.3. The van der Waals surface area contributed by atoms with Crippen LogP contribution in [0.2, 0.25) is 0 Å². The molecule has 1 aromatic carbocycles. The number of carbonyl (C=O) groups excluding carboxylic acids is 1. The van der Waals surface area contributed by atoms with Crippen LogP contribution in [0, 0.1) is 5.92 Å². The van der Waals surface area contributed by atoms with E-state index < -0.39 is 0 Å². The van der Waals surface area contributed by atoms with Crippen molar-refractivity contribution in [2.75, 3.05) is 39.3 Å². The summed E-state index contributed by atoms with van der Waals surface area (Å²) >= 11 is 0. The molecule has 3 atom stereocenters. The Labute approximate surface area is 156 Å². The van der Waals surface area contributed by atoms with Crippen molar-refractivity contribution >= 4 is 5.91 Å². The Morgan fingerprint density at radius 1 is 1.15 bits per heavy atom. The maximum absolute atomic E-state index is 12.6. The first-order valence-corrected chi connectivity index (χ1v) is 10.1. The first-order valence-electron chi connectivity index (χ1n) is 10.1. The van der Waals surface area contributed by atoms with Crippen LogP contribution in [0.25, 0.3) is 0 Å². The van der Waals surface area contributed by atoms with Gasteiger partial charge in [-0.05, 0) is 43.7 Å². The molecule has 4 rings (SSSR count).